The molecule has 4 N–H and O–H groups in total. The predicted molar refractivity (Wildman–Crippen MR) is 122 cm³/mol. The zero-order valence-corrected chi connectivity index (χ0v) is 20.7. The quantitative estimate of drug-likeness (QED) is 0.156. The Bertz CT molecular complexity index is 876. The van der Waals surface area contributed by atoms with Gasteiger partial charge in [-0.25, -0.2) is 9.59 Å². The van der Waals surface area contributed by atoms with Gasteiger partial charge in [0, 0.05) is 12.8 Å². The minimum absolute atomic E-state index is 0.0210. The van der Waals surface area contributed by atoms with Gasteiger partial charge in [0.05, 0.1) is 12.8 Å². The molecule has 1 aliphatic heterocycles. The fraction of sp³-hybridized carbons (Fsp3) is 0.682. The van der Waals surface area contributed by atoms with Crippen LogP contribution in [0.5, 0.6) is 0 Å². The second-order valence-corrected chi connectivity index (χ2v) is 10.5. The molecule has 34 heavy (non-hydrogen) atoms. The summed E-state index contributed by atoms with van der Waals surface area (Å²) in [6.07, 6.45) is 1.63. The van der Waals surface area contributed by atoms with Crippen molar-refractivity contribution in [2.24, 2.45) is 5.73 Å². The molecule has 1 aromatic rings. The molecule has 12 heteroatoms. The average Bonchev–Trinajstić information content (AvgIpc) is 3.45. The Balaban J connectivity index is 2.31. The highest BCUT2D eigenvalue weighted by molar-refractivity contribution is 7.53. The Morgan fingerprint density at radius 1 is 1.29 bits per heavy atom. The van der Waals surface area contributed by atoms with E-state index in [0.717, 1.165) is 0 Å². The van der Waals surface area contributed by atoms with Crippen LogP contribution in [0.3, 0.4) is 0 Å². The molecular weight excluding hydrogens is 467 g/mol. The fourth-order valence-corrected chi connectivity index (χ4v) is 5.66. The molecule has 0 saturated carbocycles. The molecule has 1 saturated heterocycles. The third-order valence-electron chi connectivity index (χ3n) is 6.23. The van der Waals surface area contributed by atoms with E-state index in [1.807, 2.05) is 6.92 Å². The van der Waals surface area contributed by atoms with Gasteiger partial charge in [-0.1, -0.05) is 13.3 Å². The van der Waals surface area contributed by atoms with Crippen LogP contribution in [0.25, 0.3) is 0 Å². The van der Waals surface area contributed by atoms with Gasteiger partial charge in [-0.15, -0.1) is 0 Å². The number of nitrogens with two attached hydrogens (primary N) is 1. The second kappa shape index (κ2) is 12.6. The van der Waals surface area contributed by atoms with Crippen molar-refractivity contribution >= 4 is 25.6 Å². The lowest BCUT2D eigenvalue weighted by molar-refractivity contribution is -0.794. The molecule has 5 atom stereocenters. The summed E-state index contributed by atoms with van der Waals surface area (Å²) in [6.45, 7) is 3.95. The van der Waals surface area contributed by atoms with Gasteiger partial charge in [0.1, 0.15) is 6.04 Å². The van der Waals surface area contributed by atoms with Crippen molar-refractivity contribution in [1.29, 1.82) is 0 Å². The van der Waals surface area contributed by atoms with Gasteiger partial charge in [-0.3, -0.25) is 9.09 Å². The molecule has 192 valence electrons. The van der Waals surface area contributed by atoms with Crippen LogP contribution in [0, 0.1) is 0 Å². The first kappa shape index (κ1) is 28.2. The monoisotopic (exact) mass is 503 g/mol. The topological polar surface area (TPSA) is 166 Å². The Hall–Kier alpha value is -2.04. The van der Waals surface area contributed by atoms with Crippen LogP contribution < -0.4 is 5.73 Å². The number of hydrogen-bond acceptors (Lipinski definition) is 8. The minimum atomic E-state index is -4.71. The molecule has 0 spiro atoms. The standard InChI is InChI=1S/C22H35N2O9P/c1-3-4-12-19(32-21(26)18-11-8-15-31-18)34(29,30)33-17(10-5-6-13-23)20(25)24(22(27)28)14-7-9-16(24)2/h8,11,15-17,19H,3-7,9-10,12-14,23H2,1-2H3,(H-,27,28,29,30)/p+1/t16-,17?,19+,24?/m1/s1. The number of esters is 1. The number of rotatable bonds is 13. The van der Waals surface area contributed by atoms with E-state index in [1.54, 1.807) is 6.92 Å². The number of amides is 2. The first-order valence-corrected chi connectivity index (χ1v) is 13.4. The summed E-state index contributed by atoms with van der Waals surface area (Å²) in [7, 11) is -4.71. The van der Waals surface area contributed by atoms with Crippen LogP contribution >= 0.6 is 7.60 Å². The fourth-order valence-electron chi connectivity index (χ4n) is 4.23. The van der Waals surface area contributed by atoms with E-state index in [1.165, 1.54) is 18.4 Å². The lowest BCUT2D eigenvalue weighted by Crippen LogP contribution is -2.62. The van der Waals surface area contributed by atoms with Crippen molar-refractivity contribution in [3.8, 4) is 0 Å². The van der Waals surface area contributed by atoms with Gasteiger partial charge in [-0.05, 0) is 57.7 Å². The van der Waals surface area contributed by atoms with Gasteiger partial charge < -0.3 is 24.9 Å². The van der Waals surface area contributed by atoms with Crippen LogP contribution in [0.1, 0.15) is 75.8 Å². The largest absolute Gasteiger partial charge is 0.521 e. The number of furan rings is 1. The number of carboxylic acid groups (broad SMARTS) is 1. The summed E-state index contributed by atoms with van der Waals surface area (Å²) in [5.41, 5.74) is 5.55. The molecule has 3 unspecified atom stereocenters. The van der Waals surface area contributed by atoms with Crippen molar-refractivity contribution < 1.29 is 47.1 Å². The molecule has 1 aliphatic rings. The predicted octanol–water partition coefficient (Wildman–Crippen LogP) is 3.86. The number of carbonyl (C=O) groups excluding carboxylic acids is 2. The average molecular weight is 504 g/mol. The smallest absolute Gasteiger partial charge is 0.457 e. The Morgan fingerprint density at radius 3 is 2.56 bits per heavy atom. The number of imide groups is 1. The Morgan fingerprint density at radius 2 is 2.03 bits per heavy atom. The Kier molecular flexibility index (Phi) is 10.5. The maximum absolute atomic E-state index is 13.5. The van der Waals surface area contributed by atoms with Crippen molar-refractivity contribution in [2.75, 3.05) is 13.1 Å². The number of ether oxygens (including phenoxy) is 1. The lowest BCUT2D eigenvalue weighted by atomic mass is 10.1. The summed E-state index contributed by atoms with van der Waals surface area (Å²) in [5.74, 6) is -3.39. The number of likely N-dealkylation sites (tertiary alicyclic amines) is 1. The molecule has 0 aromatic carbocycles. The maximum atomic E-state index is 13.5. The minimum Gasteiger partial charge on any atom is -0.457 e. The number of carbonyl (C=O) groups is 3. The van der Waals surface area contributed by atoms with E-state index >= 15 is 0 Å². The van der Waals surface area contributed by atoms with E-state index in [9.17, 15) is 28.9 Å². The lowest BCUT2D eigenvalue weighted by Gasteiger charge is -2.33. The van der Waals surface area contributed by atoms with E-state index in [4.69, 9.17) is 19.4 Å². The van der Waals surface area contributed by atoms with Crippen molar-refractivity contribution in [3.05, 3.63) is 24.2 Å². The number of hydrogen-bond donors (Lipinski definition) is 3. The molecule has 0 bridgehead atoms. The highest BCUT2D eigenvalue weighted by Crippen LogP contribution is 2.52. The normalized spacial score (nSPS) is 23.7. The van der Waals surface area contributed by atoms with E-state index in [-0.39, 0.29) is 25.1 Å². The van der Waals surface area contributed by atoms with Crippen molar-refractivity contribution in [2.45, 2.75) is 83.2 Å². The SMILES string of the molecule is CCCC[C@@H](OC(=O)c1ccco1)P(=O)(O)OC(CCCCN)C(=O)[N+]1(C(=O)O)CCC[C@H]1C. The molecule has 0 radical (unpaired) electrons. The third kappa shape index (κ3) is 6.55. The summed E-state index contributed by atoms with van der Waals surface area (Å²) >= 11 is 0. The molecule has 1 fully saturated rings. The van der Waals surface area contributed by atoms with E-state index in [2.05, 4.69) is 0 Å². The first-order chi connectivity index (χ1) is 16.1. The molecule has 2 heterocycles. The number of nitrogens with zero attached hydrogens (tertiary/aromatic N) is 1. The third-order valence-corrected chi connectivity index (χ3v) is 7.88. The van der Waals surface area contributed by atoms with Gasteiger partial charge in [0.2, 0.25) is 11.6 Å². The van der Waals surface area contributed by atoms with E-state index in [0.29, 0.717) is 45.1 Å². The van der Waals surface area contributed by atoms with Gasteiger partial charge in [0.15, 0.2) is 6.10 Å². The van der Waals surface area contributed by atoms with Crippen LogP contribution in [0.4, 0.5) is 4.79 Å². The molecule has 1 aromatic heterocycles. The van der Waals surface area contributed by atoms with Crippen molar-refractivity contribution in [1.82, 2.24) is 0 Å². The molecule has 2 rings (SSSR count). The summed E-state index contributed by atoms with van der Waals surface area (Å²) in [6, 6.07) is 2.33. The van der Waals surface area contributed by atoms with E-state index < -0.39 is 48.0 Å². The Labute approximate surface area is 199 Å². The summed E-state index contributed by atoms with van der Waals surface area (Å²) in [4.78, 5) is 48.9. The van der Waals surface area contributed by atoms with Crippen LogP contribution in [0.2, 0.25) is 0 Å². The van der Waals surface area contributed by atoms with Gasteiger partial charge in [0.25, 0.3) is 0 Å². The molecule has 11 nitrogen and oxygen atoms in total. The highest BCUT2D eigenvalue weighted by Gasteiger charge is 2.56. The highest BCUT2D eigenvalue weighted by atomic mass is 31.2. The molecular formula is C22H36N2O9P+. The summed E-state index contributed by atoms with van der Waals surface area (Å²) < 4.78 is 28.2. The van der Waals surface area contributed by atoms with Crippen LogP contribution in [-0.4, -0.2) is 63.5 Å². The number of unbranched alkanes of at least 4 members (excludes halogenated alkanes) is 2. The van der Waals surface area contributed by atoms with Crippen LogP contribution in [0.15, 0.2) is 22.8 Å². The molecule has 0 aliphatic carbocycles. The van der Waals surface area contributed by atoms with Gasteiger partial charge >= 0.3 is 25.6 Å². The zero-order valence-electron chi connectivity index (χ0n) is 19.8. The first-order valence-electron chi connectivity index (χ1n) is 11.7. The van der Waals surface area contributed by atoms with Crippen molar-refractivity contribution in [3.63, 3.8) is 0 Å². The number of quaternary nitrogens is 1. The summed E-state index contributed by atoms with van der Waals surface area (Å²) in [5, 5.41) is 9.94. The van der Waals surface area contributed by atoms with Gasteiger partial charge in [-0.2, -0.15) is 9.28 Å². The second-order valence-electron chi connectivity index (χ2n) is 8.63. The maximum Gasteiger partial charge on any atom is 0.521 e. The molecule has 2 amide bonds. The van der Waals surface area contributed by atoms with Crippen LogP contribution in [-0.2, 0) is 18.6 Å². The zero-order chi connectivity index (χ0) is 25.4.